The molecule has 0 aliphatic carbocycles. The van der Waals surface area contributed by atoms with Crippen LogP contribution in [0.1, 0.15) is 27.0 Å². The average Bonchev–Trinajstić information content (AvgIpc) is 3.37. The molecule has 4 aromatic rings. The summed E-state index contributed by atoms with van der Waals surface area (Å²) in [6.07, 6.45) is -3.70. The van der Waals surface area contributed by atoms with Gasteiger partial charge >= 0.3 is 6.36 Å². The molecule has 1 aliphatic rings. The number of anilines is 1. The molecular weight excluding hydrogens is 471 g/mol. The lowest BCUT2D eigenvalue weighted by molar-refractivity contribution is -0.274. The number of nitrogens with one attached hydrogen (secondary N) is 1. The Balaban J connectivity index is 1.47. The molecule has 3 aromatic carbocycles. The van der Waals surface area contributed by atoms with Gasteiger partial charge in [-0.1, -0.05) is 18.2 Å². The first-order chi connectivity index (χ1) is 16.6. The number of aryl methyl sites for hydroxylation is 1. The van der Waals surface area contributed by atoms with Crippen LogP contribution in [0.4, 0.5) is 27.6 Å². The molecule has 35 heavy (non-hydrogen) atoms. The van der Waals surface area contributed by atoms with E-state index in [2.05, 4.69) is 20.1 Å². The first-order valence-electron chi connectivity index (χ1n) is 10.3. The summed E-state index contributed by atoms with van der Waals surface area (Å²) in [5, 5.41) is 6.32. The molecule has 0 bridgehead atoms. The summed E-state index contributed by atoms with van der Waals surface area (Å²) in [5.41, 5.74) is 1.12. The number of rotatable bonds is 4. The van der Waals surface area contributed by atoms with Gasteiger partial charge in [-0.25, -0.2) is 8.78 Å². The number of aliphatic imine (C=N–C) groups is 1. The van der Waals surface area contributed by atoms with Gasteiger partial charge in [0.15, 0.2) is 0 Å². The van der Waals surface area contributed by atoms with Crippen LogP contribution in [-0.2, 0) is 13.6 Å². The van der Waals surface area contributed by atoms with Gasteiger partial charge in [0, 0.05) is 29.9 Å². The number of aromatic nitrogens is 2. The summed E-state index contributed by atoms with van der Waals surface area (Å²) in [4.78, 5) is 17.1. The molecule has 0 saturated heterocycles. The minimum atomic E-state index is -4.89. The number of para-hydroxylation sites is 1. The van der Waals surface area contributed by atoms with E-state index in [0.29, 0.717) is 11.1 Å². The second-order valence-corrected chi connectivity index (χ2v) is 7.78. The number of carbonyl (C=O) groups excluding carboxylic acids is 1. The molecule has 178 valence electrons. The number of alkyl halides is 3. The molecule has 0 radical (unpaired) electrons. The maximum Gasteiger partial charge on any atom is 0.573 e. The SMILES string of the molecule is Cn1ncc2c(F)c(C(=O)Nc3ccc4c(c3)C(c3ccccc3OC(F)(F)F)=NC4)c(F)cc21. The summed E-state index contributed by atoms with van der Waals surface area (Å²) in [6.45, 7) is 0.209. The number of amides is 1. The van der Waals surface area contributed by atoms with Crippen molar-refractivity contribution < 1.29 is 31.5 Å². The number of benzene rings is 3. The highest BCUT2D eigenvalue weighted by Crippen LogP contribution is 2.33. The second kappa shape index (κ2) is 8.19. The number of carbonyl (C=O) groups is 1. The summed E-state index contributed by atoms with van der Waals surface area (Å²) in [5.74, 6) is -3.55. The van der Waals surface area contributed by atoms with Crippen LogP contribution in [-0.4, -0.2) is 27.8 Å². The predicted molar refractivity (Wildman–Crippen MR) is 117 cm³/mol. The average molecular weight is 486 g/mol. The van der Waals surface area contributed by atoms with Crippen molar-refractivity contribution in [3.8, 4) is 5.75 Å². The van der Waals surface area contributed by atoms with Gasteiger partial charge in [0.1, 0.15) is 22.9 Å². The quantitative estimate of drug-likeness (QED) is 0.396. The summed E-state index contributed by atoms with van der Waals surface area (Å²) < 4.78 is 73.5. The Labute approximate surface area is 194 Å². The number of ether oxygens (including phenoxy) is 1. The van der Waals surface area contributed by atoms with E-state index >= 15 is 0 Å². The van der Waals surface area contributed by atoms with Gasteiger partial charge in [-0.2, -0.15) is 5.10 Å². The van der Waals surface area contributed by atoms with Crippen molar-refractivity contribution in [3.05, 3.63) is 88.6 Å². The van der Waals surface area contributed by atoms with Crippen LogP contribution in [0, 0.1) is 11.6 Å². The molecule has 0 fully saturated rings. The van der Waals surface area contributed by atoms with Gasteiger partial charge in [-0.15, -0.1) is 13.2 Å². The lowest BCUT2D eigenvalue weighted by Gasteiger charge is -2.14. The minimum absolute atomic E-state index is 0.0105. The Hall–Kier alpha value is -4.28. The lowest BCUT2D eigenvalue weighted by atomic mass is 9.98. The van der Waals surface area contributed by atoms with Crippen molar-refractivity contribution in [1.82, 2.24) is 9.78 Å². The first-order valence-corrected chi connectivity index (χ1v) is 10.3. The van der Waals surface area contributed by atoms with E-state index in [1.54, 1.807) is 12.1 Å². The highest BCUT2D eigenvalue weighted by atomic mass is 19.4. The van der Waals surface area contributed by atoms with Crippen molar-refractivity contribution in [2.75, 3.05) is 5.32 Å². The summed E-state index contributed by atoms with van der Waals surface area (Å²) in [7, 11) is 1.52. The number of hydrogen-bond donors (Lipinski definition) is 1. The third kappa shape index (κ3) is 4.09. The van der Waals surface area contributed by atoms with Crippen molar-refractivity contribution in [3.63, 3.8) is 0 Å². The summed E-state index contributed by atoms with van der Waals surface area (Å²) >= 11 is 0. The van der Waals surface area contributed by atoms with Crippen molar-refractivity contribution in [2.24, 2.45) is 12.0 Å². The van der Waals surface area contributed by atoms with Gasteiger partial charge in [0.25, 0.3) is 5.91 Å². The molecule has 1 aliphatic heterocycles. The van der Waals surface area contributed by atoms with Crippen LogP contribution < -0.4 is 10.1 Å². The molecule has 11 heteroatoms. The number of fused-ring (bicyclic) bond motifs is 2. The van der Waals surface area contributed by atoms with Crippen LogP contribution in [0.5, 0.6) is 5.75 Å². The van der Waals surface area contributed by atoms with E-state index in [0.717, 1.165) is 6.07 Å². The molecule has 1 amide bonds. The van der Waals surface area contributed by atoms with Crippen LogP contribution in [0.2, 0.25) is 0 Å². The zero-order valence-corrected chi connectivity index (χ0v) is 18.0. The third-order valence-corrected chi connectivity index (χ3v) is 5.57. The first kappa shape index (κ1) is 22.5. The minimum Gasteiger partial charge on any atom is -0.405 e. The van der Waals surface area contributed by atoms with Crippen molar-refractivity contribution in [1.29, 1.82) is 0 Å². The molecule has 0 atom stereocenters. The van der Waals surface area contributed by atoms with Crippen molar-refractivity contribution >= 4 is 28.2 Å². The van der Waals surface area contributed by atoms with Crippen LogP contribution in [0.3, 0.4) is 0 Å². The number of halogens is 5. The van der Waals surface area contributed by atoms with E-state index in [9.17, 15) is 26.7 Å². The van der Waals surface area contributed by atoms with Crippen LogP contribution >= 0.6 is 0 Å². The Morgan fingerprint density at radius 3 is 2.63 bits per heavy atom. The molecular formula is C24H15F5N4O2. The number of nitrogens with zero attached hydrogens (tertiary/aromatic N) is 3. The van der Waals surface area contributed by atoms with E-state index in [1.807, 2.05) is 0 Å². The Bertz CT molecular complexity index is 1520. The van der Waals surface area contributed by atoms with E-state index in [4.69, 9.17) is 0 Å². The topological polar surface area (TPSA) is 68.5 Å². The second-order valence-electron chi connectivity index (χ2n) is 7.78. The van der Waals surface area contributed by atoms with E-state index in [1.165, 1.54) is 48.3 Å². The fourth-order valence-corrected chi connectivity index (χ4v) is 3.99. The predicted octanol–water partition coefficient (Wildman–Crippen LogP) is 5.35. The maximum absolute atomic E-state index is 14.9. The van der Waals surface area contributed by atoms with Gasteiger partial charge in [-0.3, -0.25) is 14.5 Å². The Kier molecular flexibility index (Phi) is 5.27. The molecule has 5 rings (SSSR count). The van der Waals surface area contributed by atoms with Crippen LogP contribution in [0.25, 0.3) is 10.9 Å². The zero-order chi connectivity index (χ0) is 24.9. The van der Waals surface area contributed by atoms with Crippen molar-refractivity contribution in [2.45, 2.75) is 12.9 Å². The zero-order valence-electron chi connectivity index (χ0n) is 18.0. The summed E-state index contributed by atoms with van der Waals surface area (Å²) in [6, 6.07) is 11.2. The molecule has 6 nitrogen and oxygen atoms in total. The fraction of sp³-hybridized carbons (Fsp3) is 0.125. The normalized spacial score (nSPS) is 13.0. The molecule has 0 spiro atoms. The van der Waals surface area contributed by atoms with Gasteiger partial charge in [0.05, 0.1) is 29.4 Å². The number of hydrogen-bond acceptors (Lipinski definition) is 4. The molecule has 2 heterocycles. The highest BCUT2D eigenvalue weighted by Gasteiger charge is 2.33. The molecule has 0 saturated carbocycles. The van der Waals surface area contributed by atoms with Crippen LogP contribution in [0.15, 0.2) is 59.7 Å². The van der Waals surface area contributed by atoms with E-state index < -0.39 is 35.2 Å². The fourth-order valence-electron chi connectivity index (χ4n) is 3.99. The molecule has 0 unspecified atom stereocenters. The molecule has 1 N–H and O–H groups in total. The van der Waals surface area contributed by atoms with Gasteiger partial charge < -0.3 is 10.1 Å². The Morgan fingerprint density at radius 1 is 1.09 bits per heavy atom. The molecule has 1 aromatic heterocycles. The highest BCUT2D eigenvalue weighted by molar-refractivity contribution is 6.17. The smallest absolute Gasteiger partial charge is 0.405 e. The van der Waals surface area contributed by atoms with E-state index in [-0.39, 0.29) is 34.4 Å². The third-order valence-electron chi connectivity index (χ3n) is 5.57. The van der Waals surface area contributed by atoms with Gasteiger partial charge in [0.2, 0.25) is 0 Å². The van der Waals surface area contributed by atoms with Gasteiger partial charge in [-0.05, 0) is 29.8 Å². The monoisotopic (exact) mass is 486 g/mol. The largest absolute Gasteiger partial charge is 0.573 e. The standard InChI is InChI=1S/C24H15F5N4O2/c1-33-18-9-17(25)20(21(26)16(18)11-31-33)23(34)32-13-7-6-12-10-30-22(15(12)8-13)14-4-2-3-5-19(14)35-24(27,28)29/h2-9,11H,10H2,1H3,(H,32,34). The Morgan fingerprint density at radius 2 is 1.86 bits per heavy atom. The maximum atomic E-state index is 14.9. The lowest BCUT2D eigenvalue weighted by Crippen LogP contribution is -2.19.